The summed E-state index contributed by atoms with van der Waals surface area (Å²) in [5.74, 6) is -0.286. The molecular formula is C33H32BrIN4O7S. The van der Waals surface area contributed by atoms with Crippen molar-refractivity contribution in [1.82, 2.24) is 16.1 Å². The molecule has 0 unspecified atom stereocenters. The molecule has 3 aromatic rings. The van der Waals surface area contributed by atoms with Gasteiger partial charge in [-0.05, 0) is 113 Å². The zero-order valence-electron chi connectivity index (χ0n) is 25.7. The minimum Gasteiger partial charge on any atom is -0.487 e. The number of halogens is 2. The Balaban J connectivity index is 1.35. The maximum Gasteiger partial charge on any atom is 0.338 e. The Hall–Kier alpha value is -4.02. The molecule has 0 saturated carbocycles. The van der Waals surface area contributed by atoms with Crippen molar-refractivity contribution in [3.05, 3.63) is 102 Å². The first kappa shape index (κ1) is 35.8. The molecule has 0 saturated heterocycles. The topological polar surface area (TPSA) is 137 Å². The molecular weight excluding hydrogens is 803 g/mol. The number of esters is 2. The lowest BCUT2D eigenvalue weighted by molar-refractivity contribution is -0.139. The summed E-state index contributed by atoms with van der Waals surface area (Å²) in [6.45, 7) is 5.75. The highest BCUT2D eigenvalue weighted by Crippen LogP contribution is 2.34. The van der Waals surface area contributed by atoms with Gasteiger partial charge >= 0.3 is 11.9 Å². The Kier molecular flexibility index (Phi) is 13.1. The van der Waals surface area contributed by atoms with Gasteiger partial charge in [0.1, 0.15) is 18.1 Å². The number of carbonyl (C=O) groups is 3. The summed E-state index contributed by atoms with van der Waals surface area (Å²) in [4.78, 5) is 37.2. The van der Waals surface area contributed by atoms with Crippen molar-refractivity contribution in [3.8, 4) is 11.5 Å². The number of rotatable bonds is 13. The third-order valence-corrected chi connectivity index (χ3v) is 8.24. The molecule has 47 heavy (non-hydrogen) atoms. The Morgan fingerprint density at radius 1 is 1.02 bits per heavy atom. The van der Waals surface area contributed by atoms with E-state index in [1.54, 1.807) is 57.2 Å². The second kappa shape index (κ2) is 17.2. The van der Waals surface area contributed by atoms with E-state index in [1.807, 2.05) is 24.3 Å². The maximum absolute atomic E-state index is 12.8. The smallest absolute Gasteiger partial charge is 0.338 e. The molecule has 246 valence electrons. The van der Waals surface area contributed by atoms with Gasteiger partial charge in [-0.15, -0.1) is 0 Å². The van der Waals surface area contributed by atoms with Gasteiger partial charge in [0.25, 0.3) is 5.91 Å². The van der Waals surface area contributed by atoms with Gasteiger partial charge < -0.3 is 29.6 Å². The van der Waals surface area contributed by atoms with Crippen LogP contribution >= 0.6 is 50.7 Å². The highest BCUT2D eigenvalue weighted by molar-refractivity contribution is 14.1. The number of carbonyl (C=O) groups excluding carboxylic acids is 3. The summed E-state index contributed by atoms with van der Waals surface area (Å²) in [7, 11) is 0. The average Bonchev–Trinajstić information content (AvgIpc) is 3.03. The van der Waals surface area contributed by atoms with E-state index in [0.717, 1.165) is 14.7 Å². The van der Waals surface area contributed by atoms with Crippen LogP contribution in [-0.4, -0.2) is 49.0 Å². The van der Waals surface area contributed by atoms with Crippen LogP contribution in [-0.2, 0) is 25.7 Å². The molecule has 1 heterocycles. The highest BCUT2D eigenvalue weighted by Gasteiger charge is 2.32. The lowest BCUT2D eigenvalue weighted by atomic mass is 9.95. The maximum atomic E-state index is 12.8. The summed E-state index contributed by atoms with van der Waals surface area (Å²) in [5.41, 5.74) is 6.12. The molecule has 0 fully saturated rings. The first-order valence-corrected chi connectivity index (χ1v) is 16.8. The third kappa shape index (κ3) is 9.74. The van der Waals surface area contributed by atoms with Crippen LogP contribution < -0.4 is 25.5 Å². The van der Waals surface area contributed by atoms with Gasteiger partial charge in [0, 0.05) is 11.3 Å². The molecule has 4 rings (SSSR count). The predicted molar refractivity (Wildman–Crippen MR) is 192 cm³/mol. The summed E-state index contributed by atoms with van der Waals surface area (Å²) in [6.07, 6.45) is 1.51. The van der Waals surface area contributed by atoms with Crippen LogP contribution in [0.25, 0.3) is 0 Å². The first-order valence-electron chi connectivity index (χ1n) is 14.5. The van der Waals surface area contributed by atoms with Crippen molar-refractivity contribution in [1.29, 1.82) is 0 Å². The van der Waals surface area contributed by atoms with E-state index in [1.165, 1.54) is 6.21 Å². The number of para-hydroxylation sites is 1. The number of hydrogen-bond donors (Lipinski definition) is 3. The molecule has 0 bridgehead atoms. The number of ether oxygens (including phenoxy) is 4. The number of hydrazone groups is 1. The minimum atomic E-state index is -0.634. The molecule has 0 aliphatic carbocycles. The van der Waals surface area contributed by atoms with Gasteiger partial charge in [-0.1, -0.05) is 30.3 Å². The predicted octanol–water partition coefficient (Wildman–Crippen LogP) is 5.69. The SMILES string of the molecule is CCOC(=O)C1=C(C)NC(=S)N[C@H]1c1ccccc1OCC(=O)NN=Cc1cc(Br)c(OCc2ccc(C(=O)OCC)cc2)c(I)c1. The molecule has 3 N–H and O–H groups in total. The second-order valence-corrected chi connectivity index (χ2v) is 12.4. The van der Waals surface area contributed by atoms with Crippen molar-refractivity contribution < 1.29 is 33.3 Å². The molecule has 1 atom stereocenters. The second-order valence-electron chi connectivity index (χ2n) is 9.93. The Morgan fingerprint density at radius 2 is 1.72 bits per heavy atom. The first-order chi connectivity index (χ1) is 22.6. The number of allylic oxidation sites excluding steroid dienone is 1. The molecule has 0 aromatic heterocycles. The van der Waals surface area contributed by atoms with Crippen LogP contribution in [0.4, 0.5) is 0 Å². The van der Waals surface area contributed by atoms with Crippen LogP contribution in [0.1, 0.15) is 53.9 Å². The van der Waals surface area contributed by atoms with Gasteiger partial charge in [0.05, 0.1) is 44.6 Å². The van der Waals surface area contributed by atoms with Crippen molar-refractivity contribution in [2.75, 3.05) is 19.8 Å². The molecule has 0 spiro atoms. The fourth-order valence-electron chi connectivity index (χ4n) is 4.51. The summed E-state index contributed by atoms with van der Waals surface area (Å²) in [5, 5.41) is 10.5. The normalized spacial score (nSPS) is 14.2. The molecule has 1 aliphatic heterocycles. The lowest BCUT2D eigenvalue weighted by Crippen LogP contribution is -2.45. The van der Waals surface area contributed by atoms with Gasteiger partial charge in [-0.3, -0.25) is 4.79 Å². The lowest BCUT2D eigenvalue weighted by Gasteiger charge is -2.30. The standard InChI is InChI=1S/C33H32BrIN4O7S/c1-4-43-31(41)22-12-10-20(11-13-22)17-46-30-24(34)14-21(15-25(30)35)16-36-39-27(40)18-45-26-9-7-6-8-23(26)29-28(32(42)44-5-2)19(3)37-33(47)38-29/h6-16,29H,4-5,17-18H2,1-3H3,(H,39,40)(H2,37,38,47)/t29-/m0/s1. The number of nitrogens with one attached hydrogen (secondary N) is 3. The fourth-order valence-corrected chi connectivity index (χ4v) is 6.55. The number of amides is 1. The van der Waals surface area contributed by atoms with E-state index in [2.05, 4.69) is 59.7 Å². The van der Waals surface area contributed by atoms with Gasteiger partial charge in [-0.2, -0.15) is 5.10 Å². The Morgan fingerprint density at radius 3 is 2.43 bits per heavy atom. The minimum absolute atomic E-state index is 0.218. The van der Waals surface area contributed by atoms with E-state index < -0.39 is 17.9 Å². The molecule has 14 heteroatoms. The van der Waals surface area contributed by atoms with Crippen LogP contribution in [0.2, 0.25) is 0 Å². The van der Waals surface area contributed by atoms with Crippen LogP contribution in [0, 0.1) is 3.57 Å². The van der Waals surface area contributed by atoms with Crippen molar-refractivity contribution in [3.63, 3.8) is 0 Å². The fraction of sp³-hybridized carbons (Fsp3) is 0.242. The molecule has 1 aliphatic rings. The summed E-state index contributed by atoms with van der Waals surface area (Å²) < 4.78 is 23.7. The number of thiocarbonyl (C=S) groups is 1. The molecule has 1 amide bonds. The van der Waals surface area contributed by atoms with E-state index >= 15 is 0 Å². The van der Waals surface area contributed by atoms with Gasteiger partial charge in [0.2, 0.25) is 0 Å². The monoisotopic (exact) mass is 834 g/mol. The van der Waals surface area contributed by atoms with Crippen LogP contribution in [0.15, 0.2) is 81.5 Å². The summed E-state index contributed by atoms with van der Waals surface area (Å²) in [6, 6.07) is 17.2. The van der Waals surface area contributed by atoms with Gasteiger partial charge in [-0.25, -0.2) is 15.0 Å². The van der Waals surface area contributed by atoms with Crippen LogP contribution in [0.3, 0.4) is 0 Å². The largest absolute Gasteiger partial charge is 0.487 e. The average molecular weight is 836 g/mol. The molecule has 0 radical (unpaired) electrons. The quantitative estimate of drug-likeness (QED) is 0.0648. The van der Waals surface area contributed by atoms with E-state index in [-0.39, 0.29) is 19.2 Å². The van der Waals surface area contributed by atoms with Crippen molar-refractivity contribution >= 4 is 79.9 Å². The third-order valence-electron chi connectivity index (χ3n) is 6.62. The highest BCUT2D eigenvalue weighted by atomic mass is 127. The summed E-state index contributed by atoms with van der Waals surface area (Å²) >= 11 is 11.0. The molecule has 3 aromatic carbocycles. The van der Waals surface area contributed by atoms with Crippen molar-refractivity contribution in [2.45, 2.75) is 33.4 Å². The Bertz CT molecular complexity index is 1690. The molecule has 11 nitrogen and oxygen atoms in total. The van der Waals surface area contributed by atoms with Crippen molar-refractivity contribution in [2.24, 2.45) is 5.10 Å². The number of benzene rings is 3. The zero-order valence-corrected chi connectivity index (χ0v) is 30.3. The Labute approximate surface area is 299 Å². The van der Waals surface area contributed by atoms with Gasteiger partial charge in [0.15, 0.2) is 11.7 Å². The van der Waals surface area contributed by atoms with E-state index in [9.17, 15) is 14.4 Å². The number of nitrogens with zero attached hydrogens (tertiary/aromatic N) is 1. The number of hydrogen-bond acceptors (Lipinski definition) is 9. The van der Waals surface area contributed by atoms with E-state index in [4.69, 9.17) is 31.2 Å². The zero-order chi connectivity index (χ0) is 33.9. The van der Waals surface area contributed by atoms with E-state index in [0.29, 0.717) is 56.7 Å². The van der Waals surface area contributed by atoms with Crippen LogP contribution in [0.5, 0.6) is 11.5 Å².